The molecule has 10 atom stereocenters. The number of allylic oxidation sites excluding steroid dienone is 5. The Hall–Kier alpha value is -3.44. The van der Waals surface area contributed by atoms with E-state index >= 15 is 0 Å². The van der Waals surface area contributed by atoms with Crippen molar-refractivity contribution in [2.45, 2.75) is 131 Å². The van der Waals surface area contributed by atoms with Crippen molar-refractivity contribution in [2.24, 2.45) is 62.4 Å². The first kappa shape index (κ1) is 39.4. The number of hydrogen-bond acceptors (Lipinski definition) is 5. The molecule has 300 valence electrons. The molecule has 5 nitrogen and oxygen atoms in total. The average molecular weight is 758 g/mol. The van der Waals surface area contributed by atoms with Gasteiger partial charge in [0.15, 0.2) is 0 Å². The number of nitrogens with two attached hydrogens (primary N) is 1. The first-order chi connectivity index (χ1) is 26.6. The largest absolute Gasteiger partial charge is 0.461 e. The van der Waals surface area contributed by atoms with Gasteiger partial charge in [-0.1, -0.05) is 107 Å². The number of carbonyl (C=O) groups is 2. The van der Waals surface area contributed by atoms with Crippen LogP contribution in [0, 0.1) is 56.7 Å². The number of benzene rings is 2. The summed E-state index contributed by atoms with van der Waals surface area (Å²) >= 11 is 0. The van der Waals surface area contributed by atoms with Crippen LogP contribution < -0.4 is 5.73 Å². The Labute approximate surface area is 337 Å². The summed E-state index contributed by atoms with van der Waals surface area (Å²) in [4.78, 5) is 27.1. The van der Waals surface area contributed by atoms with Crippen molar-refractivity contribution in [3.8, 4) is 0 Å². The predicted octanol–water partition coefficient (Wildman–Crippen LogP) is 11.6. The number of hydrogen-bond donors (Lipinski definition) is 1. The fourth-order valence-corrected chi connectivity index (χ4v) is 14.6. The lowest BCUT2D eigenvalue weighted by molar-refractivity contribution is -0.219. The van der Waals surface area contributed by atoms with Gasteiger partial charge in [-0.15, -0.1) is 0 Å². The number of fused-ring (bicyclic) bond motifs is 7. The lowest BCUT2D eigenvalue weighted by Crippen LogP contribution is -2.67. The summed E-state index contributed by atoms with van der Waals surface area (Å²) in [6, 6.07) is 18.8. The van der Waals surface area contributed by atoms with Crippen LogP contribution in [0.25, 0.3) is 0 Å². The highest BCUT2D eigenvalue weighted by molar-refractivity contribution is 5.89. The number of ether oxygens (including phenoxy) is 2. The van der Waals surface area contributed by atoms with Gasteiger partial charge in [-0.25, -0.2) is 4.79 Å². The Morgan fingerprint density at radius 2 is 1.48 bits per heavy atom. The molecule has 0 saturated heterocycles. The molecule has 3 unspecified atom stereocenters. The molecule has 0 bridgehead atoms. The molecule has 56 heavy (non-hydrogen) atoms. The monoisotopic (exact) mass is 758 g/mol. The van der Waals surface area contributed by atoms with Crippen molar-refractivity contribution in [1.82, 2.24) is 0 Å². The predicted molar refractivity (Wildman–Crippen MR) is 224 cm³/mol. The fourth-order valence-electron chi connectivity index (χ4n) is 14.6. The molecule has 6 aliphatic rings. The molecule has 0 heterocycles. The van der Waals surface area contributed by atoms with Crippen molar-refractivity contribution in [2.75, 3.05) is 6.61 Å². The van der Waals surface area contributed by atoms with Gasteiger partial charge in [0.1, 0.15) is 18.6 Å². The third kappa shape index (κ3) is 6.11. The maximum Gasteiger partial charge on any atom is 0.338 e. The van der Waals surface area contributed by atoms with Gasteiger partial charge in [0.25, 0.3) is 0 Å². The molecule has 2 N–H and O–H groups in total. The minimum absolute atomic E-state index is 0.000535. The molecule has 2 aromatic rings. The maximum absolute atomic E-state index is 14.0. The normalized spacial score (nSPS) is 39.7. The van der Waals surface area contributed by atoms with Gasteiger partial charge in [-0.2, -0.15) is 0 Å². The lowest BCUT2D eigenvalue weighted by Gasteiger charge is -2.72. The maximum atomic E-state index is 14.0. The Morgan fingerprint density at radius 3 is 2.16 bits per heavy atom. The van der Waals surface area contributed by atoms with E-state index in [1.165, 1.54) is 55.2 Å². The second kappa shape index (κ2) is 14.1. The third-order valence-corrected chi connectivity index (χ3v) is 17.8. The van der Waals surface area contributed by atoms with Crippen LogP contribution in [0.1, 0.15) is 135 Å². The van der Waals surface area contributed by atoms with Crippen LogP contribution >= 0.6 is 0 Å². The summed E-state index contributed by atoms with van der Waals surface area (Å²) in [5.41, 5.74) is 12.8. The molecule has 0 amide bonds. The number of rotatable bonds is 8. The molecule has 0 radical (unpaired) electrons. The molecule has 0 spiro atoms. The highest BCUT2D eigenvalue weighted by Gasteiger charge is 2.70. The zero-order chi connectivity index (χ0) is 39.7. The van der Waals surface area contributed by atoms with Crippen molar-refractivity contribution in [3.05, 3.63) is 107 Å². The summed E-state index contributed by atoms with van der Waals surface area (Å²) in [5.74, 6) is 2.36. The molecular formula is C51H67NO4. The van der Waals surface area contributed by atoms with E-state index in [1.807, 2.05) is 48.5 Å². The summed E-state index contributed by atoms with van der Waals surface area (Å²) in [7, 11) is 0. The van der Waals surface area contributed by atoms with Gasteiger partial charge in [-0.3, -0.25) is 4.79 Å². The minimum Gasteiger partial charge on any atom is -0.461 e. The summed E-state index contributed by atoms with van der Waals surface area (Å²) in [6.45, 7) is 20.0. The molecule has 4 fully saturated rings. The zero-order valence-corrected chi connectivity index (χ0v) is 35.1. The smallest absolute Gasteiger partial charge is 0.338 e. The van der Waals surface area contributed by atoms with Gasteiger partial charge in [0.2, 0.25) is 0 Å². The van der Waals surface area contributed by atoms with E-state index in [4.69, 9.17) is 15.2 Å². The van der Waals surface area contributed by atoms with E-state index in [-0.39, 0.29) is 46.4 Å². The van der Waals surface area contributed by atoms with Crippen LogP contribution in [0.15, 0.2) is 96.1 Å². The molecule has 0 aromatic heterocycles. The SMILES string of the molecule is C=C(C)[C@@H]1CC[C@]2(N)CC[C@]3(C)[C@H](CCC4[C@@]5(C)CC=C(C6=CCC(COC(=O)c7ccccc7)(C(=O)OCc7ccccc7)CC6)C(C)(C)C5CC[C@]43C)[C@@H]12. The van der Waals surface area contributed by atoms with E-state index in [0.717, 1.165) is 31.2 Å². The average Bonchev–Trinajstić information content (AvgIpc) is 3.55. The first-order valence-electron chi connectivity index (χ1n) is 21.9. The topological polar surface area (TPSA) is 78.6 Å². The van der Waals surface area contributed by atoms with Crippen molar-refractivity contribution < 1.29 is 19.1 Å². The molecule has 6 aliphatic carbocycles. The second-order valence-electron chi connectivity index (χ2n) is 20.7. The van der Waals surface area contributed by atoms with Crippen molar-refractivity contribution in [3.63, 3.8) is 0 Å². The van der Waals surface area contributed by atoms with Gasteiger partial charge < -0.3 is 15.2 Å². The molecule has 2 aromatic carbocycles. The molecule has 8 rings (SSSR count). The molecular weight excluding hydrogens is 691 g/mol. The van der Waals surface area contributed by atoms with Crippen molar-refractivity contribution in [1.29, 1.82) is 0 Å². The van der Waals surface area contributed by atoms with E-state index in [2.05, 4.69) is 60.3 Å². The standard InChI is InChI=1S/C51H67NO4/c1-34(2)38-22-29-51(52)31-30-48(6)40(43(38)51)18-19-42-47(5)25-23-39(46(3,4)41(47)24-26-49(42,48)7)36-20-27-50(28-21-36,33-56-44(53)37-16-12-9-13-17-37)45(54)55-32-35-14-10-8-11-15-35/h8-17,20,23,38,40-43H,1,18-19,21-22,24-33,52H2,2-7H3/t38-,40+,41?,42?,43+,47-,48+,49+,50?,51-/m0/s1. The minimum atomic E-state index is -0.930. The Morgan fingerprint density at radius 1 is 0.768 bits per heavy atom. The highest BCUT2D eigenvalue weighted by Crippen LogP contribution is 2.76. The third-order valence-electron chi connectivity index (χ3n) is 17.8. The summed E-state index contributed by atoms with van der Waals surface area (Å²) in [5, 5.41) is 0. The lowest BCUT2D eigenvalue weighted by atomic mass is 9.33. The Kier molecular flexibility index (Phi) is 9.94. The van der Waals surface area contributed by atoms with Crippen LogP contribution in [0.3, 0.4) is 0 Å². The zero-order valence-electron chi connectivity index (χ0n) is 35.1. The van der Waals surface area contributed by atoms with Gasteiger partial charge in [0.05, 0.1) is 5.56 Å². The number of esters is 2. The van der Waals surface area contributed by atoms with Gasteiger partial charge in [-0.05, 0) is 164 Å². The van der Waals surface area contributed by atoms with E-state index in [9.17, 15) is 9.59 Å². The van der Waals surface area contributed by atoms with Crippen LogP contribution in [0.4, 0.5) is 0 Å². The van der Waals surface area contributed by atoms with E-state index in [1.54, 1.807) is 12.1 Å². The Bertz CT molecular complexity index is 1910. The molecule has 4 saturated carbocycles. The van der Waals surface area contributed by atoms with Crippen LogP contribution in [-0.2, 0) is 20.9 Å². The van der Waals surface area contributed by atoms with Crippen LogP contribution in [0.2, 0.25) is 0 Å². The van der Waals surface area contributed by atoms with E-state index < -0.39 is 11.4 Å². The summed E-state index contributed by atoms with van der Waals surface area (Å²) < 4.78 is 11.9. The highest BCUT2D eigenvalue weighted by atomic mass is 16.6. The van der Waals surface area contributed by atoms with Gasteiger partial charge >= 0.3 is 11.9 Å². The van der Waals surface area contributed by atoms with Crippen molar-refractivity contribution >= 4 is 11.9 Å². The van der Waals surface area contributed by atoms with E-state index in [0.29, 0.717) is 48.0 Å². The second-order valence-corrected chi connectivity index (χ2v) is 20.7. The fraction of sp³-hybridized carbons (Fsp3) is 0.608. The molecule has 0 aliphatic heterocycles. The quantitative estimate of drug-likeness (QED) is 0.214. The number of carbonyl (C=O) groups excluding carboxylic acids is 2. The first-order valence-corrected chi connectivity index (χ1v) is 21.9. The molecule has 5 heteroatoms. The summed E-state index contributed by atoms with van der Waals surface area (Å²) in [6.07, 6.45) is 17.8. The van der Waals surface area contributed by atoms with Crippen LogP contribution in [-0.4, -0.2) is 24.1 Å². The van der Waals surface area contributed by atoms with Crippen LogP contribution in [0.5, 0.6) is 0 Å². The Balaban J connectivity index is 1.04. The van der Waals surface area contributed by atoms with Gasteiger partial charge in [0, 0.05) is 5.54 Å².